The molecule has 0 bridgehead atoms. The Morgan fingerprint density at radius 3 is 2.95 bits per heavy atom. The summed E-state index contributed by atoms with van der Waals surface area (Å²) in [6, 6.07) is 10.1. The summed E-state index contributed by atoms with van der Waals surface area (Å²) in [5.74, 6) is 0. The average Bonchev–Trinajstić information content (AvgIpc) is 2.47. The van der Waals surface area contributed by atoms with Crippen LogP contribution in [0.25, 0.3) is 0 Å². The molecule has 3 rings (SSSR count). The molecule has 1 fully saturated rings. The minimum atomic E-state index is 0.664. The number of para-hydroxylation sites is 1. The molecule has 1 saturated heterocycles. The fourth-order valence-corrected chi connectivity index (χ4v) is 3.43. The molecule has 0 aliphatic carbocycles. The Morgan fingerprint density at radius 2 is 2.11 bits per heavy atom. The lowest BCUT2D eigenvalue weighted by Crippen LogP contribution is -2.56. The number of benzene rings is 1. The molecule has 2 aliphatic heterocycles. The van der Waals surface area contributed by atoms with Crippen molar-refractivity contribution in [1.29, 1.82) is 0 Å². The van der Waals surface area contributed by atoms with Gasteiger partial charge in [-0.1, -0.05) is 25.1 Å². The van der Waals surface area contributed by atoms with Gasteiger partial charge in [0.15, 0.2) is 0 Å². The number of fused-ring (bicyclic) bond motifs is 1. The van der Waals surface area contributed by atoms with Gasteiger partial charge in [-0.05, 0) is 31.5 Å². The topological polar surface area (TPSA) is 18.5 Å². The zero-order valence-electron chi connectivity index (χ0n) is 12.1. The molecule has 2 unspecified atom stereocenters. The molecule has 0 amide bonds. The highest BCUT2D eigenvalue weighted by Gasteiger charge is 2.29. The van der Waals surface area contributed by atoms with Crippen molar-refractivity contribution in [3.8, 4) is 0 Å². The van der Waals surface area contributed by atoms with E-state index in [4.69, 9.17) is 0 Å². The van der Waals surface area contributed by atoms with Crippen LogP contribution in [0, 0.1) is 0 Å². The molecule has 0 radical (unpaired) electrons. The fourth-order valence-electron chi connectivity index (χ4n) is 3.43. The van der Waals surface area contributed by atoms with Crippen LogP contribution in [0.4, 0.5) is 5.69 Å². The van der Waals surface area contributed by atoms with Crippen molar-refractivity contribution in [2.24, 2.45) is 0 Å². The van der Waals surface area contributed by atoms with Gasteiger partial charge in [-0.3, -0.25) is 4.90 Å². The standard InChI is InChI=1S/C16H25N3/c1-3-14-12-19(9-8-18(14)2)15-10-13-6-4-5-7-16(13)17-11-15/h4-7,14-15,17H,3,8-12H2,1-2H3. The number of rotatable bonds is 2. The predicted octanol–water partition coefficient (Wildman–Crippen LogP) is 2.05. The molecular formula is C16H25N3. The Bertz CT molecular complexity index is 432. The van der Waals surface area contributed by atoms with Gasteiger partial charge >= 0.3 is 0 Å². The summed E-state index contributed by atoms with van der Waals surface area (Å²) in [6.07, 6.45) is 2.45. The number of hydrogen-bond acceptors (Lipinski definition) is 3. The van der Waals surface area contributed by atoms with Crippen LogP contribution in [-0.4, -0.2) is 55.1 Å². The van der Waals surface area contributed by atoms with E-state index in [1.807, 2.05) is 0 Å². The summed E-state index contributed by atoms with van der Waals surface area (Å²) < 4.78 is 0. The first-order chi connectivity index (χ1) is 9.28. The summed E-state index contributed by atoms with van der Waals surface area (Å²) >= 11 is 0. The molecule has 0 spiro atoms. The van der Waals surface area contributed by atoms with Gasteiger partial charge in [0.05, 0.1) is 0 Å². The minimum absolute atomic E-state index is 0.664. The van der Waals surface area contributed by atoms with Gasteiger partial charge < -0.3 is 10.2 Å². The molecular weight excluding hydrogens is 234 g/mol. The normalized spacial score (nSPS) is 28.7. The summed E-state index contributed by atoms with van der Waals surface area (Å²) in [7, 11) is 2.26. The Labute approximate surface area is 116 Å². The predicted molar refractivity (Wildman–Crippen MR) is 80.7 cm³/mol. The van der Waals surface area contributed by atoms with Gasteiger partial charge in [-0.2, -0.15) is 0 Å². The third-order valence-corrected chi connectivity index (χ3v) is 4.80. The Balaban J connectivity index is 1.68. The summed E-state index contributed by atoms with van der Waals surface area (Å²) in [5, 5.41) is 3.60. The number of nitrogens with zero attached hydrogens (tertiary/aromatic N) is 2. The number of likely N-dealkylation sites (N-methyl/N-ethyl adjacent to an activating group) is 1. The maximum Gasteiger partial charge on any atom is 0.0373 e. The van der Waals surface area contributed by atoms with Crippen LogP contribution < -0.4 is 5.32 Å². The van der Waals surface area contributed by atoms with Crippen molar-refractivity contribution in [2.45, 2.75) is 31.8 Å². The van der Waals surface area contributed by atoms with Gasteiger partial charge in [0.25, 0.3) is 0 Å². The molecule has 2 aliphatic rings. The maximum absolute atomic E-state index is 3.60. The van der Waals surface area contributed by atoms with Crippen LogP contribution in [0.3, 0.4) is 0 Å². The molecule has 2 heterocycles. The van der Waals surface area contributed by atoms with Gasteiger partial charge in [-0.25, -0.2) is 0 Å². The van der Waals surface area contributed by atoms with E-state index in [1.54, 1.807) is 0 Å². The maximum atomic E-state index is 3.60. The summed E-state index contributed by atoms with van der Waals surface area (Å²) in [5.41, 5.74) is 2.81. The summed E-state index contributed by atoms with van der Waals surface area (Å²) in [4.78, 5) is 5.21. The number of anilines is 1. The molecule has 1 N–H and O–H groups in total. The van der Waals surface area contributed by atoms with Crippen molar-refractivity contribution in [3.63, 3.8) is 0 Å². The first kappa shape index (κ1) is 12.9. The molecule has 0 saturated carbocycles. The quantitative estimate of drug-likeness (QED) is 0.877. The van der Waals surface area contributed by atoms with E-state index in [1.165, 1.54) is 43.7 Å². The van der Waals surface area contributed by atoms with Crippen LogP contribution >= 0.6 is 0 Å². The van der Waals surface area contributed by atoms with E-state index in [9.17, 15) is 0 Å². The van der Waals surface area contributed by atoms with Crippen LogP contribution in [-0.2, 0) is 6.42 Å². The fraction of sp³-hybridized carbons (Fsp3) is 0.625. The van der Waals surface area contributed by atoms with Crippen LogP contribution in [0.1, 0.15) is 18.9 Å². The van der Waals surface area contributed by atoms with Crippen molar-refractivity contribution in [3.05, 3.63) is 29.8 Å². The SMILES string of the molecule is CCC1CN(C2CNc3ccccc3C2)CCN1C. The van der Waals surface area contributed by atoms with Gasteiger partial charge in [-0.15, -0.1) is 0 Å². The zero-order chi connectivity index (χ0) is 13.2. The molecule has 19 heavy (non-hydrogen) atoms. The van der Waals surface area contributed by atoms with Crippen molar-refractivity contribution < 1.29 is 0 Å². The third-order valence-electron chi connectivity index (χ3n) is 4.80. The highest BCUT2D eigenvalue weighted by Crippen LogP contribution is 2.25. The van der Waals surface area contributed by atoms with Crippen molar-refractivity contribution in [2.75, 3.05) is 38.5 Å². The Hall–Kier alpha value is -1.06. The van der Waals surface area contributed by atoms with E-state index < -0.39 is 0 Å². The molecule has 1 aromatic carbocycles. The second-order valence-electron chi connectivity index (χ2n) is 5.93. The van der Waals surface area contributed by atoms with Crippen LogP contribution in [0.15, 0.2) is 24.3 Å². The highest BCUT2D eigenvalue weighted by atomic mass is 15.3. The monoisotopic (exact) mass is 259 g/mol. The van der Waals surface area contributed by atoms with Gasteiger partial charge in [0.2, 0.25) is 0 Å². The lowest BCUT2D eigenvalue weighted by atomic mass is 9.97. The molecule has 104 valence electrons. The first-order valence-electron chi connectivity index (χ1n) is 7.54. The smallest absolute Gasteiger partial charge is 0.0373 e. The van der Waals surface area contributed by atoms with E-state index >= 15 is 0 Å². The summed E-state index contributed by atoms with van der Waals surface area (Å²) in [6.45, 7) is 7.04. The zero-order valence-corrected chi connectivity index (χ0v) is 12.1. The van der Waals surface area contributed by atoms with Gasteiger partial charge in [0, 0.05) is 44.0 Å². The van der Waals surface area contributed by atoms with Crippen molar-refractivity contribution >= 4 is 5.69 Å². The molecule has 2 atom stereocenters. The van der Waals surface area contributed by atoms with Crippen LogP contribution in [0.2, 0.25) is 0 Å². The number of piperazine rings is 1. The molecule has 1 aromatic rings. The average molecular weight is 259 g/mol. The lowest BCUT2D eigenvalue weighted by molar-refractivity contribution is 0.0650. The van der Waals surface area contributed by atoms with E-state index in [-0.39, 0.29) is 0 Å². The minimum Gasteiger partial charge on any atom is -0.383 e. The van der Waals surface area contributed by atoms with E-state index in [0.29, 0.717) is 6.04 Å². The number of nitrogens with one attached hydrogen (secondary N) is 1. The molecule has 0 aromatic heterocycles. The highest BCUT2D eigenvalue weighted by molar-refractivity contribution is 5.53. The lowest BCUT2D eigenvalue weighted by Gasteiger charge is -2.44. The second-order valence-corrected chi connectivity index (χ2v) is 5.93. The van der Waals surface area contributed by atoms with Crippen molar-refractivity contribution in [1.82, 2.24) is 9.80 Å². The third kappa shape index (κ3) is 2.63. The van der Waals surface area contributed by atoms with E-state index in [0.717, 1.165) is 12.6 Å². The molecule has 3 nitrogen and oxygen atoms in total. The Kier molecular flexibility index (Phi) is 3.76. The van der Waals surface area contributed by atoms with Crippen LogP contribution in [0.5, 0.6) is 0 Å². The van der Waals surface area contributed by atoms with E-state index in [2.05, 4.69) is 53.4 Å². The second kappa shape index (κ2) is 5.51. The molecule has 3 heteroatoms. The van der Waals surface area contributed by atoms with Gasteiger partial charge in [0.1, 0.15) is 0 Å². The number of hydrogen-bond donors (Lipinski definition) is 1. The Morgan fingerprint density at radius 1 is 1.26 bits per heavy atom. The first-order valence-corrected chi connectivity index (χ1v) is 7.54. The largest absolute Gasteiger partial charge is 0.383 e.